The third kappa shape index (κ3) is 3.08. The van der Waals surface area contributed by atoms with Crippen LogP contribution in [0.1, 0.15) is 5.69 Å². The molecule has 0 aliphatic heterocycles. The molecular formula is C12H8Cl2FNO. The number of nitrogens with zero attached hydrogens (tertiary/aromatic N) is 1. The maximum atomic E-state index is 12.8. The van der Waals surface area contributed by atoms with Gasteiger partial charge in [-0.2, -0.15) is 0 Å². The van der Waals surface area contributed by atoms with E-state index in [2.05, 4.69) is 4.98 Å². The molecule has 2 rings (SSSR count). The first-order valence-corrected chi connectivity index (χ1v) is 5.75. The van der Waals surface area contributed by atoms with Crippen LogP contribution >= 0.6 is 23.2 Å². The van der Waals surface area contributed by atoms with Gasteiger partial charge in [0.05, 0.1) is 16.6 Å². The molecule has 5 heteroatoms. The van der Waals surface area contributed by atoms with Crippen molar-refractivity contribution in [3.8, 4) is 11.6 Å². The summed E-state index contributed by atoms with van der Waals surface area (Å²) in [6, 6.07) is 9.14. The van der Waals surface area contributed by atoms with Crippen LogP contribution in [0.5, 0.6) is 11.6 Å². The van der Waals surface area contributed by atoms with E-state index in [0.29, 0.717) is 23.2 Å². The Bertz CT molecular complexity index is 534. The van der Waals surface area contributed by atoms with Crippen molar-refractivity contribution in [2.75, 3.05) is 0 Å². The molecule has 2 aromatic rings. The van der Waals surface area contributed by atoms with Crippen LogP contribution in [0.2, 0.25) is 5.02 Å². The highest BCUT2D eigenvalue weighted by Gasteiger charge is 2.05. The molecule has 1 heterocycles. The first-order valence-electron chi connectivity index (χ1n) is 4.84. The highest BCUT2D eigenvalue weighted by molar-refractivity contribution is 6.32. The lowest BCUT2D eigenvalue weighted by Crippen LogP contribution is -1.92. The summed E-state index contributed by atoms with van der Waals surface area (Å²) in [7, 11) is 0. The van der Waals surface area contributed by atoms with Gasteiger partial charge in [0.1, 0.15) is 11.6 Å². The third-order valence-corrected chi connectivity index (χ3v) is 2.60. The van der Waals surface area contributed by atoms with E-state index in [1.54, 1.807) is 18.2 Å². The van der Waals surface area contributed by atoms with Crippen LogP contribution in [0, 0.1) is 5.82 Å². The van der Waals surface area contributed by atoms with Crippen LogP contribution in [0.3, 0.4) is 0 Å². The van der Waals surface area contributed by atoms with Gasteiger partial charge in [-0.25, -0.2) is 9.37 Å². The van der Waals surface area contributed by atoms with Gasteiger partial charge < -0.3 is 4.74 Å². The number of benzene rings is 1. The fraction of sp³-hybridized carbons (Fsp3) is 0.0833. The second-order valence-electron chi connectivity index (χ2n) is 3.28. The van der Waals surface area contributed by atoms with Crippen molar-refractivity contribution in [3.63, 3.8) is 0 Å². The molecule has 88 valence electrons. The standard InChI is InChI=1S/C12H8Cl2FNO/c13-7-9-2-1-3-12(16-9)17-11-5-4-8(15)6-10(11)14/h1-6H,7H2. The molecule has 1 aromatic heterocycles. The lowest BCUT2D eigenvalue weighted by atomic mass is 10.3. The van der Waals surface area contributed by atoms with Gasteiger partial charge in [-0.05, 0) is 24.3 Å². The SMILES string of the molecule is Fc1ccc(Oc2cccc(CCl)n2)c(Cl)c1. The average Bonchev–Trinajstić information content (AvgIpc) is 2.33. The Morgan fingerprint density at radius 2 is 2.06 bits per heavy atom. The van der Waals surface area contributed by atoms with Gasteiger partial charge in [-0.3, -0.25) is 0 Å². The summed E-state index contributed by atoms with van der Waals surface area (Å²) >= 11 is 11.5. The monoisotopic (exact) mass is 271 g/mol. The van der Waals surface area contributed by atoms with Gasteiger partial charge in [0.15, 0.2) is 0 Å². The summed E-state index contributed by atoms with van der Waals surface area (Å²) in [5.74, 6) is 0.614. The van der Waals surface area contributed by atoms with Crippen LogP contribution < -0.4 is 4.74 Å². The van der Waals surface area contributed by atoms with E-state index in [4.69, 9.17) is 27.9 Å². The maximum absolute atomic E-state index is 12.8. The lowest BCUT2D eigenvalue weighted by Gasteiger charge is -2.07. The molecule has 0 aliphatic rings. The minimum absolute atomic E-state index is 0.197. The second kappa shape index (κ2) is 5.34. The molecule has 0 amide bonds. The molecule has 0 N–H and O–H groups in total. The number of halogens is 3. The molecule has 0 saturated heterocycles. The third-order valence-electron chi connectivity index (χ3n) is 2.03. The number of pyridine rings is 1. The number of hydrogen-bond donors (Lipinski definition) is 0. The van der Waals surface area contributed by atoms with E-state index in [-0.39, 0.29) is 5.02 Å². The average molecular weight is 272 g/mol. The molecular weight excluding hydrogens is 264 g/mol. The summed E-state index contributed by atoms with van der Waals surface area (Å²) in [6.45, 7) is 0. The summed E-state index contributed by atoms with van der Waals surface area (Å²) in [5.41, 5.74) is 0.697. The molecule has 0 saturated carbocycles. The maximum Gasteiger partial charge on any atom is 0.219 e. The quantitative estimate of drug-likeness (QED) is 0.772. The molecule has 0 aliphatic carbocycles. The van der Waals surface area contributed by atoms with E-state index in [9.17, 15) is 4.39 Å². The molecule has 0 radical (unpaired) electrons. The van der Waals surface area contributed by atoms with Crippen LogP contribution in [0.15, 0.2) is 36.4 Å². The number of rotatable bonds is 3. The van der Waals surface area contributed by atoms with Crippen molar-refractivity contribution < 1.29 is 9.13 Å². The van der Waals surface area contributed by atoms with Crippen LogP contribution in [0.25, 0.3) is 0 Å². The predicted molar refractivity (Wildman–Crippen MR) is 65.3 cm³/mol. The van der Waals surface area contributed by atoms with Crippen molar-refractivity contribution in [3.05, 3.63) is 52.9 Å². The Labute approximate surface area is 108 Å². The minimum Gasteiger partial charge on any atom is -0.437 e. The van der Waals surface area contributed by atoms with Gasteiger partial charge in [-0.1, -0.05) is 17.7 Å². The summed E-state index contributed by atoms with van der Waals surface area (Å²) in [6.07, 6.45) is 0. The van der Waals surface area contributed by atoms with E-state index < -0.39 is 5.82 Å². The van der Waals surface area contributed by atoms with Crippen molar-refractivity contribution in [1.29, 1.82) is 0 Å². The summed E-state index contributed by atoms with van der Waals surface area (Å²) in [5, 5.41) is 0.197. The van der Waals surface area contributed by atoms with Crippen molar-refractivity contribution in [1.82, 2.24) is 4.98 Å². The number of aromatic nitrogens is 1. The number of alkyl halides is 1. The molecule has 2 nitrogen and oxygen atoms in total. The summed E-state index contributed by atoms with van der Waals surface area (Å²) < 4.78 is 18.3. The van der Waals surface area contributed by atoms with Gasteiger partial charge in [0.2, 0.25) is 5.88 Å². The van der Waals surface area contributed by atoms with E-state index in [0.717, 1.165) is 0 Å². The van der Waals surface area contributed by atoms with Crippen molar-refractivity contribution in [2.24, 2.45) is 0 Å². The fourth-order valence-corrected chi connectivity index (χ4v) is 1.61. The first kappa shape index (κ1) is 12.1. The van der Waals surface area contributed by atoms with Crippen LogP contribution in [-0.4, -0.2) is 4.98 Å². The molecule has 0 atom stereocenters. The molecule has 0 fully saturated rings. The zero-order chi connectivity index (χ0) is 12.3. The Kier molecular flexibility index (Phi) is 3.82. The van der Waals surface area contributed by atoms with Crippen LogP contribution in [0.4, 0.5) is 4.39 Å². The van der Waals surface area contributed by atoms with Gasteiger partial charge in [0.25, 0.3) is 0 Å². The Morgan fingerprint density at radius 1 is 1.24 bits per heavy atom. The van der Waals surface area contributed by atoms with Gasteiger partial charge in [-0.15, -0.1) is 11.6 Å². The molecule has 17 heavy (non-hydrogen) atoms. The minimum atomic E-state index is -0.412. The normalized spacial score (nSPS) is 10.3. The lowest BCUT2D eigenvalue weighted by molar-refractivity contribution is 0.460. The Morgan fingerprint density at radius 3 is 2.76 bits per heavy atom. The second-order valence-corrected chi connectivity index (χ2v) is 3.95. The zero-order valence-electron chi connectivity index (χ0n) is 8.66. The highest BCUT2D eigenvalue weighted by Crippen LogP contribution is 2.28. The predicted octanol–water partition coefficient (Wildman–Crippen LogP) is 4.41. The Balaban J connectivity index is 2.25. The number of hydrogen-bond acceptors (Lipinski definition) is 2. The highest BCUT2D eigenvalue weighted by atomic mass is 35.5. The smallest absolute Gasteiger partial charge is 0.219 e. The van der Waals surface area contributed by atoms with Gasteiger partial charge >= 0.3 is 0 Å². The fourth-order valence-electron chi connectivity index (χ4n) is 1.26. The van der Waals surface area contributed by atoms with Gasteiger partial charge in [0, 0.05) is 6.07 Å². The van der Waals surface area contributed by atoms with E-state index in [1.807, 2.05) is 0 Å². The summed E-state index contributed by atoms with van der Waals surface area (Å²) in [4.78, 5) is 4.14. The molecule has 0 bridgehead atoms. The van der Waals surface area contributed by atoms with Crippen molar-refractivity contribution >= 4 is 23.2 Å². The largest absolute Gasteiger partial charge is 0.437 e. The van der Waals surface area contributed by atoms with E-state index >= 15 is 0 Å². The Hall–Kier alpha value is -1.32. The molecule has 1 aromatic carbocycles. The topological polar surface area (TPSA) is 22.1 Å². The van der Waals surface area contributed by atoms with Crippen molar-refractivity contribution in [2.45, 2.75) is 5.88 Å². The zero-order valence-corrected chi connectivity index (χ0v) is 10.2. The van der Waals surface area contributed by atoms with Crippen LogP contribution in [-0.2, 0) is 5.88 Å². The molecule has 0 spiro atoms. The van der Waals surface area contributed by atoms with E-state index in [1.165, 1.54) is 18.2 Å². The first-order chi connectivity index (χ1) is 8.19. The number of ether oxygens (including phenoxy) is 1. The molecule has 0 unspecified atom stereocenters.